The molecular formula is C27H21FN2O5. The van der Waals surface area contributed by atoms with E-state index < -0.39 is 22.9 Å². The Morgan fingerprint density at radius 1 is 0.971 bits per heavy atom. The summed E-state index contributed by atoms with van der Waals surface area (Å²) in [6.45, 7) is 3.71. The Hall–Kier alpha value is -4.46. The van der Waals surface area contributed by atoms with Crippen LogP contribution in [0.5, 0.6) is 11.5 Å². The number of nitrogens with zero attached hydrogens (tertiary/aromatic N) is 1. The van der Waals surface area contributed by atoms with Crippen molar-refractivity contribution in [3.8, 4) is 11.5 Å². The molecule has 1 N–H and O–H groups in total. The number of fused-ring (bicyclic) bond motifs is 2. The molecule has 8 heteroatoms. The lowest BCUT2D eigenvalue weighted by atomic mass is 9.99. The van der Waals surface area contributed by atoms with Crippen LogP contribution >= 0.6 is 0 Å². The van der Waals surface area contributed by atoms with Crippen molar-refractivity contribution in [2.45, 2.75) is 20.4 Å². The van der Waals surface area contributed by atoms with Crippen LogP contribution in [0, 0.1) is 19.7 Å². The number of hydrogen-bond acceptors (Lipinski definition) is 5. The van der Waals surface area contributed by atoms with Crippen molar-refractivity contribution in [2.24, 2.45) is 0 Å². The predicted molar refractivity (Wildman–Crippen MR) is 129 cm³/mol. The molecule has 2 heterocycles. The largest absolute Gasteiger partial charge is 0.454 e. The molecule has 1 amide bonds. The first-order valence-electron chi connectivity index (χ1n) is 10.9. The minimum absolute atomic E-state index is 0.0237. The number of carbonyl (C=O) groups is 2. The molecule has 0 saturated carbocycles. The first-order valence-corrected chi connectivity index (χ1v) is 10.9. The Labute approximate surface area is 199 Å². The third-order valence-electron chi connectivity index (χ3n) is 6.03. The molecule has 0 spiro atoms. The summed E-state index contributed by atoms with van der Waals surface area (Å²) in [4.78, 5) is 39.3. The van der Waals surface area contributed by atoms with E-state index in [2.05, 4.69) is 5.32 Å². The highest BCUT2D eigenvalue weighted by atomic mass is 19.1. The maximum absolute atomic E-state index is 14.0. The molecule has 0 bridgehead atoms. The summed E-state index contributed by atoms with van der Waals surface area (Å²) >= 11 is 0. The minimum Gasteiger partial charge on any atom is -0.454 e. The zero-order chi connectivity index (χ0) is 24.7. The Balaban J connectivity index is 1.52. The van der Waals surface area contributed by atoms with Crippen LogP contribution in [0.25, 0.3) is 10.9 Å². The predicted octanol–water partition coefficient (Wildman–Crippen LogP) is 4.36. The van der Waals surface area contributed by atoms with Crippen LogP contribution in [-0.2, 0) is 11.3 Å². The lowest BCUT2D eigenvalue weighted by Gasteiger charge is -2.14. The molecule has 4 aromatic rings. The number of pyridine rings is 1. The van der Waals surface area contributed by atoms with Crippen LogP contribution in [-0.4, -0.2) is 23.1 Å². The number of amides is 1. The number of halogens is 1. The highest BCUT2D eigenvalue weighted by molar-refractivity contribution is 6.10. The van der Waals surface area contributed by atoms with E-state index in [0.717, 1.165) is 17.2 Å². The molecule has 7 nitrogen and oxygen atoms in total. The van der Waals surface area contributed by atoms with Gasteiger partial charge in [0.1, 0.15) is 12.4 Å². The van der Waals surface area contributed by atoms with Crippen LogP contribution in [0.2, 0.25) is 0 Å². The zero-order valence-corrected chi connectivity index (χ0v) is 19.1. The minimum atomic E-state index is -0.609. The van der Waals surface area contributed by atoms with Gasteiger partial charge in [0.05, 0.1) is 11.1 Å². The fourth-order valence-corrected chi connectivity index (χ4v) is 4.03. The molecule has 35 heavy (non-hydrogen) atoms. The summed E-state index contributed by atoms with van der Waals surface area (Å²) in [5.74, 6) is -0.391. The highest BCUT2D eigenvalue weighted by Gasteiger charge is 2.20. The number of benzene rings is 3. The van der Waals surface area contributed by atoms with Gasteiger partial charge < -0.3 is 19.4 Å². The summed E-state index contributed by atoms with van der Waals surface area (Å²) in [7, 11) is 0. The third-order valence-corrected chi connectivity index (χ3v) is 6.03. The fourth-order valence-electron chi connectivity index (χ4n) is 4.03. The molecule has 1 aromatic heterocycles. The van der Waals surface area contributed by atoms with E-state index in [-0.39, 0.29) is 24.3 Å². The van der Waals surface area contributed by atoms with Gasteiger partial charge in [-0.25, -0.2) is 4.39 Å². The number of ketones is 1. The van der Waals surface area contributed by atoms with Gasteiger partial charge in [-0.3, -0.25) is 14.4 Å². The van der Waals surface area contributed by atoms with Crippen LogP contribution in [0.15, 0.2) is 65.6 Å². The fraction of sp³-hybridized carbons (Fsp3) is 0.148. The standard InChI is InChI=1S/C27H21FN2O5/c1-15-3-4-17(9-16(15)2)26(32)21-12-30(22-7-5-18(28)10-20(22)27(21)33)13-25(31)29-19-6-8-23-24(11-19)35-14-34-23/h3-12H,13-14H2,1-2H3,(H,29,31). The monoisotopic (exact) mass is 472 g/mol. The quantitative estimate of drug-likeness (QED) is 0.437. The van der Waals surface area contributed by atoms with Gasteiger partial charge in [0.25, 0.3) is 0 Å². The third kappa shape index (κ3) is 4.26. The Morgan fingerprint density at radius 3 is 2.57 bits per heavy atom. The molecule has 0 atom stereocenters. The van der Waals surface area contributed by atoms with Gasteiger partial charge in [-0.05, 0) is 61.4 Å². The van der Waals surface area contributed by atoms with Gasteiger partial charge in [-0.1, -0.05) is 12.1 Å². The Kier molecular flexibility index (Phi) is 5.56. The van der Waals surface area contributed by atoms with Crippen LogP contribution < -0.4 is 20.2 Å². The first kappa shape index (κ1) is 22.3. The zero-order valence-electron chi connectivity index (χ0n) is 19.1. The number of nitrogens with one attached hydrogen (secondary N) is 1. The van der Waals surface area contributed by atoms with Crippen molar-refractivity contribution in [3.05, 3.63) is 99.1 Å². The first-order chi connectivity index (χ1) is 16.8. The van der Waals surface area contributed by atoms with Gasteiger partial charge in [0.2, 0.25) is 18.1 Å². The van der Waals surface area contributed by atoms with Gasteiger partial charge in [-0.15, -0.1) is 0 Å². The Morgan fingerprint density at radius 2 is 1.77 bits per heavy atom. The number of carbonyl (C=O) groups excluding carboxylic acids is 2. The topological polar surface area (TPSA) is 86.6 Å². The summed E-state index contributed by atoms with van der Waals surface area (Å²) in [6, 6.07) is 13.9. The molecule has 1 aliphatic heterocycles. The molecular weight excluding hydrogens is 451 g/mol. The lowest BCUT2D eigenvalue weighted by Crippen LogP contribution is -2.24. The maximum Gasteiger partial charge on any atom is 0.244 e. The second-order valence-corrected chi connectivity index (χ2v) is 8.41. The molecule has 3 aromatic carbocycles. The van der Waals surface area contributed by atoms with Crippen molar-refractivity contribution in [3.63, 3.8) is 0 Å². The highest BCUT2D eigenvalue weighted by Crippen LogP contribution is 2.34. The molecule has 0 unspecified atom stereocenters. The molecule has 1 aliphatic rings. The van der Waals surface area contributed by atoms with E-state index in [9.17, 15) is 18.8 Å². The van der Waals surface area contributed by atoms with Crippen LogP contribution in [0.3, 0.4) is 0 Å². The SMILES string of the molecule is Cc1ccc(C(=O)c2cn(CC(=O)Nc3ccc4c(c3)OCO4)c3ccc(F)cc3c2=O)cc1C. The van der Waals surface area contributed by atoms with Crippen LogP contribution in [0.4, 0.5) is 10.1 Å². The number of anilines is 1. The summed E-state index contributed by atoms with van der Waals surface area (Å²) in [5, 5.41) is 2.80. The number of hydrogen-bond donors (Lipinski definition) is 1. The van der Waals surface area contributed by atoms with E-state index in [1.54, 1.807) is 36.4 Å². The van der Waals surface area contributed by atoms with E-state index in [1.807, 2.05) is 13.8 Å². The second-order valence-electron chi connectivity index (χ2n) is 8.41. The molecule has 0 radical (unpaired) electrons. The average Bonchev–Trinajstić information content (AvgIpc) is 3.30. The number of rotatable bonds is 5. The number of aromatic nitrogens is 1. The second kappa shape index (κ2) is 8.72. The van der Waals surface area contributed by atoms with E-state index in [4.69, 9.17) is 9.47 Å². The van der Waals surface area contributed by atoms with Crippen molar-refractivity contribution in [2.75, 3.05) is 12.1 Å². The van der Waals surface area contributed by atoms with Crippen molar-refractivity contribution >= 4 is 28.3 Å². The van der Waals surface area contributed by atoms with Gasteiger partial charge in [-0.2, -0.15) is 0 Å². The smallest absolute Gasteiger partial charge is 0.244 e. The van der Waals surface area contributed by atoms with Crippen molar-refractivity contribution in [1.82, 2.24) is 4.57 Å². The maximum atomic E-state index is 14.0. The van der Waals surface area contributed by atoms with E-state index in [1.165, 1.54) is 22.9 Å². The van der Waals surface area contributed by atoms with E-state index >= 15 is 0 Å². The molecule has 5 rings (SSSR count). The summed E-state index contributed by atoms with van der Waals surface area (Å²) < 4.78 is 26.1. The van der Waals surface area contributed by atoms with Gasteiger partial charge in [0.15, 0.2) is 17.3 Å². The molecule has 0 saturated heterocycles. The van der Waals surface area contributed by atoms with Crippen LogP contribution in [0.1, 0.15) is 27.0 Å². The lowest BCUT2D eigenvalue weighted by molar-refractivity contribution is -0.116. The summed E-state index contributed by atoms with van der Waals surface area (Å²) in [6.07, 6.45) is 1.36. The normalized spacial score (nSPS) is 12.1. The Bertz CT molecular complexity index is 1570. The van der Waals surface area contributed by atoms with Gasteiger partial charge >= 0.3 is 0 Å². The van der Waals surface area contributed by atoms with Crippen molar-refractivity contribution < 1.29 is 23.5 Å². The van der Waals surface area contributed by atoms with Gasteiger partial charge in [0, 0.05) is 28.9 Å². The number of aryl methyl sites for hydroxylation is 2. The van der Waals surface area contributed by atoms with E-state index in [0.29, 0.717) is 28.3 Å². The van der Waals surface area contributed by atoms with Crippen molar-refractivity contribution in [1.29, 1.82) is 0 Å². The molecule has 176 valence electrons. The molecule has 0 fully saturated rings. The number of ether oxygens (including phenoxy) is 2. The molecule has 0 aliphatic carbocycles. The summed E-state index contributed by atoms with van der Waals surface area (Å²) in [5.41, 5.74) is 2.39. The average molecular weight is 472 g/mol.